The van der Waals surface area contributed by atoms with Crippen LogP contribution in [0.1, 0.15) is 27.4 Å². The Morgan fingerprint density at radius 3 is 2.69 bits per heavy atom. The number of benzene rings is 1. The predicted molar refractivity (Wildman–Crippen MR) is 113 cm³/mol. The molecular formula is C20H20BrN7O. The van der Waals surface area contributed by atoms with Gasteiger partial charge < -0.3 is 5.32 Å². The van der Waals surface area contributed by atoms with E-state index < -0.39 is 0 Å². The van der Waals surface area contributed by atoms with Gasteiger partial charge in [0.2, 0.25) is 0 Å². The average Bonchev–Trinajstić information content (AvgIpc) is 3.42. The van der Waals surface area contributed by atoms with E-state index in [1.54, 1.807) is 23.1 Å². The molecule has 0 bridgehead atoms. The number of amides is 1. The van der Waals surface area contributed by atoms with Gasteiger partial charge in [0, 0.05) is 24.3 Å². The van der Waals surface area contributed by atoms with Crippen LogP contribution in [-0.2, 0) is 13.2 Å². The van der Waals surface area contributed by atoms with Crippen molar-refractivity contribution in [2.75, 3.05) is 5.32 Å². The molecule has 0 unspecified atom stereocenters. The van der Waals surface area contributed by atoms with Crippen molar-refractivity contribution >= 4 is 27.5 Å². The first-order valence-electron chi connectivity index (χ1n) is 9.10. The van der Waals surface area contributed by atoms with Gasteiger partial charge in [-0.05, 0) is 59.6 Å². The summed E-state index contributed by atoms with van der Waals surface area (Å²) in [5.41, 5.74) is 4.05. The van der Waals surface area contributed by atoms with E-state index in [4.69, 9.17) is 0 Å². The molecule has 4 aromatic rings. The van der Waals surface area contributed by atoms with E-state index >= 15 is 0 Å². The Bertz CT molecular complexity index is 1140. The lowest BCUT2D eigenvalue weighted by molar-refractivity contribution is 0.102. The van der Waals surface area contributed by atoms with E-state index in [9.17, 15) is 4.79 Å². The zero-order valence-corrected chi connectivity index (χ0v) is 17.7. The molecule has 0 spiro atoms. The zero-order valence-electron chi connectivity index (χ0n) is 16.1. The number of nitrogens with one attached hydrogen (secondary N) is 1. The standard InChI is InChI=1S/C20H20BrN7O/c1-14-19(21)15(2)28(24-14)13-27-10-7-18(25-27)20(29)23-17-6-3-5-16(11-17)12-26-9-4-8-22-26/h3-11H,12-13H2,1-2H3,(H,23,29). The summed E-state index contributed by atoms with van der Waals surface area (Å²) < 4.78 is 6.35. The topological polar surface area (TPSA) is 82.6 Å². The minimum absolute atomic E-state index is 0.255. The quantitative estimate of drug-likeness (QED) is 0.484. The molecule has 0 aliphatic heterocycles. The Hall–Kier alpha value is -3.20. The van der Waals surface area contributed by atoms with Gasteiger partial charge in [0.15, 0.2) is 5.69 Å². The molecular weight excluding hydrogens is 434 g/mol. The van der Waals surface area contributed by atoms with Gasteiger partial charge in [-0.1, -0.05) is 12.1 Å². The molecule has 0 fully saturated rings. The predicted octanol–water partition coefficient (Wildman–Crippen LogP) is 3.46. The van der Waals surface area contributed by atoms with Crippen molar-refractivity contribution in [3.8, 4) is 0 Å². The highest BCUT2D eigenvalue weighted by Crippen LogP contribution is 2.19. The van der Waals surface area contributed by atoms with Crippen LogP contribution in [0.3, 0.4) is 0 Å². The fraction of sp³-hybridized carbons (Fsp3) is 0.200. The third-order valence-electron chi connectivity index (χ3n) is 4.53. The number of hydrogen-bond acceptors (Lipinski definition) is 4. The second-order valence-corrected chi connectivity index (χ2v) is 7.52. The van der Waals surface area contributed by atoms with Gasteiger partial charge in [0.1, 0.15) is 6.67 Å². The first-order valence-corrected chi connectivity index (χ1v) is 9.89. The number of nitrogens with zero attached hydrogens (tertiary/aromatic N) is 6. The maximum Gasteiger partial charge on any atom is 0.276 e. The molecule has 3 aromatic heterocycles. The van der Waals surface area contributed by atoms with Crippen molar-refractivity contribution in [3.05, 3.63) is 82.1 Å². The van der Waals surface area contributed by atoms with E-state index in [0.29, 0.717) is 18.9 Å². The van der Waals surface area contributed by atoms with Crippen molar-refractivity contribution in [3.63, 3.8) is 0 Å². The van der Waals surface area contributed by atoms with E-state index in [2.05, 4.69) is 36.5 Å². The highest BCUT2D eigenvalue weighted by molar-refractivity contribution is 9.10. The molecule has 0 aliphatic rings. The van der Waals surface area contributed by atoms with Crippen molar-refractivity contribution in [2.45, 2.75) is 27.1 Å². The minimum Gasteiger partial charge on any atom is -0.321 e. The number of carbonyl (C=O) groups excluding carboxylic acids is 1. The molecule has 1 aromatic carbocycles. The van der Waals surface area contributed by atoms with Crippen molar-refractivity contribution in [1.29, 1.82) is 0 Å². The van der Waals surface area contributed by atoms with Gasteiger partial charge in [0.25, 0.3) is 5.91 Å². The fourth-order valence-electron chi connectivity index (χ4n) is 3.04. The second-order valence-electron chi connectivity index (χ2n) is 6.72. The first kappa shape index (κ1) is 19.1. The van der Waals surface area contributed by atoms with Gasteiger partial charge in [0.05, 0.1) is 22.4 Å². The monoisotopic (exact) mass is 453 g/mol. The van der Waals surface area contributed by atoms with Crippen LogP contribution in [0.15, 0.2) is 59.5 Å². The molecule has 0 saturated heterocycles. The highest BCUT2D eigenvalue weighted by atomic mass is 79.9. The molecule has 1 amide bonds. The van der Waals surface area contributed by atoms with Crippen LogP contribution in [0.5, 0.6) is 0 Å². The fourth-order valence-corrected chi connectivity index (χ4v) is 3.32. The van der Waals surface area contributed by atoms with E-state index in [1.807, 2.05) is 59.7 Å². The van der Waals surface area contributed by atoms with Crippen LogP contribution < -0.4 is 5.32 Å². The lowest BCUT2D eigenvalue weighted by Crippen LogP contribution is -2.16. The third-order valence-corrected chi connectivity index (χ3v) is 5.68. The van der Waals surface area contributed by atoms with Crippen LogP contribution in [0.2, 0.25) is 0 Å². The number of anilines is 1. The lowest BCUT2D eigenvalue weighted by Gasteiger charge is -2.07. The number of hydrogen-bond donors (Lipinski definition) is 1. The first-order chi connectivity index (χ1) is 14.0. The summed E-state index contributed by atoms with van der Waals surface area (Å²) >= 11 is 3.52. The van der Waals surface area contributed by atoms with Crippen molar-refractivity contribution in [2.24, 2.45) is 0 Å². The summed E-state index contributed by atoms with van der Waals surface area (Å²) in [6.45, 7) is 5.00. The van der Waals surface area contributed by atoms with E-state index in [1.165, 1.54) is 0 Å². The Balaban J connectivity index is 1.43. The molecule has 148 valence electrons. The van der Waals surface area contributed by atoms with Crippen molar-refractivity contribution in [1.82, 2.24) is 29.3 Å². The number of aryl methyl sites for hydroxylation is 1. The summed E-state index contributed by atoms with van der Waals surface area (Å²) in [5, 5.41) is 16.0. The summed E-state index contributed by atoms with van der Waals surface area (Å²) in [6, 6.07) is 11.3. The normalized spacial score (nSPS) is 11.0. The average molecular weight is 454 g/mol. The molecule has 1 N–H and O–H groups in total. The SMILES string of the molecule is Cc1nn(Cn2ccc(C(=O)Nc3cccc(Cn4cccn4)c3)n2)c(C)c1Br. The molecule has 9 heteroatoms. The van der Waals surface area contributed by atoms with Gasteiger partial charge >= 0.3 is 0 Å². The summed E-state index contributed by atoms with van der Waals surface area (Å²) in [7, 11) is 0. The summed E-state index contributed by atoms with van der Waals surface area (Å²) in [5.74, 6) is -0.255. The Kier molecular flexibility index (Phi) is 5.30. The van der Waals surface area contributed by atoms with Crippen LogP contribution in [0, 0.1) is 13.8 Å². The van der Waals surface area contributed by atoms with Gasteiger partial charge in [-0.2, -0.15) is 15.3 Å². The minimum atomic E-state index is -0.255. The molecule has 8 nitrogen and oxygen atoms in total. The lowest BCUT2D eigenvalue weighted by atomic mass is 10.2. The number of halogens is 1. The third kappa shape index (κ3) is 4.29. The molecule has 0 atom stereocenters. The zero-order chi connectivity index (χ0) is 20.4. The van der Waals surface area contributed by atoms with Gasteiger partial charge in [-0.25, -0.2) is 4.68 Å². The number of carbonyl (C=O) groups is 1. The van der Waals surface area contributed by atoms with E-state index in [0.717, 1.165) is 27.1 Å². The Morgan fingerprint density at radius 1 is 1.10 bits per heavy atom. The van der Waals surface area contributed by atoms with Crippen molar-refractivity contribution < 1.29 is 4.79 Å². The molecule has 3 heterocycles. The van der Waals surface area contributed by atoms with Crippen LogP contribution >= 0.6 is 15.9 Å². The molecule has 4 rings (SSSR count). The van der Waals surface area contributed by atoms with Crippen LogP contribution in [0.25, 0.3) is 0 Å². The second kappa shape index (κ2) is 8.04. The van der Waals surface area contributed by atoms with Gasteiger partial charge in [-0.3, -0.25) is 14.2 Å². The Morgan fingerprint density at radius 2 is 1.97 bits per heavy atom. The van der Waals surface area contributed by atoms with Crippen LogP contribution in [-0.4, -0.2) is 35.2 Å². The molecule has 29 heavy (non-hydrogen) atoms. The smallest absolute Gasteiger partial charge is 0.276 e. The molecule has 0 saturated carbocycles. The maximum absolute atomic E-state index is 12.6. The summed E-state index contributed by atoms with van der Waals surface area (Å²) in [6.07, 6.45) is 5.42. The Labute approximate surface area is 176 Å². The highest BCUT2D eigenvalue weighted by Gasteiger charge is 2.13. The maximum atomic E-state index is 12.6. The number of rotatable bonds is 6. The number of aromatic nitrogens is 6. The molecule has 0 radical (unpaired) electrons. The largest absolute Gasteiger partial charge is 0.321 e. The van der Waals surface area contributed by atoms with Gasteiger partial charge in [-0.15, -0.1) is 0 Å². The van der Waals surface area contributed by atoms with Crippen LogP contribution in [0.4, 0.5) is 5.69 Å². The summed E-state index contributed by atoms with van der Waals surface area (Å²) in [4.78, 5) is 12.6. The molecule has 0 aliphatic carbocycles. The van der Waals surface area contributed by atoms with E-state index in [-0.39, 0.29) is 5.91 Å².